The summed E-state index contributed by atoms with van der Waals surface area (Å²) in [6.45, 7) is 0. The average molecular weight is 663 g/mol. The Labute approximate surface area is 308 Å². The topological polar surface area (TPSA) is 78.0 Å². The van der Waals surface area contributed by atoms with Crippen molar-refractivity contribution in [3.05, 3.63) is 27.3 Å². The number of imide groups is 1. The normalized spacial score (nSPS) is 21.7. The highest BCUT2D eigenvalue weighted by Gasteiger charge is 2.68. The highest BCUT2D eigenvalue weighted by molar-refractivity contribution is 6.69. The predicted molar refractivity (Wildman–Crippen MR) is 242 cm³/mol. The van der Waals surface area contributed by atoms with E-state index in [1.807, 2.05) is 54.9 Å². The first-order valence-corrected chi connectivity index (χ1v) is 17.1. The van der Waals surface area contributed by atoms with Crippen LogP contribution >= 0.6 is 11.6 Å². The number of halogens is 3. The van der Waals surface area contributed by atoms with Crippen LogP contribution in [-0.4, -0.2) is 177 Å². The van der Waals surface area contributed by atoms with Crippen LogP contribution in [0.2, 0.25) is 15.5 Å². The van der Waals surface area contributed by atoms with Gasteiger partial charge in [0, 0.05) is 27.4 Å². The second-order valence-corrected chi connectivity index (χ2v) is 16.5. The van der Waals surface area contributed by atoms with Crippen molar-refractivity contribution in [2.75, 3.05) is 0 Å². The molecule has 2 aliphatic heterocycles. The summed E-state index contributed by atoms with van der Waals surface area (Å²) < 4.78 is 32.7. The van der Waals surface area contributed by atoms with E-state index in [1.165, 1.54) is 16.0 Å². The van der Waals surface area contributed by atoms with Crippen LogP contribution < -0.4 is 38.2 Å². The van der Waals surface area contributed by atoms with E-state index in [1.54, 1.807) is 67.7 Å². The van der Waals surface area contributed by atoms with Gasteiger partial charge in [0.2, 0.25) is 27.8 Å². The predicted octanol–water partition coefficient (Wildman–Crippen LogP) is -19.2. The highest BCUT2D eigenvalue weighted by Crippen LogP contribution is 2.58. The lowest BCUT2D eigenvalue weighted by molar-refractivity contribution is -0.154. The molecule has 1 fully saturated rings. The van der Waals surface area contributed by atoms with E-state index >= 15 is 8.78 Å². The van der Waals surface area contributed by atoms with Crippen molar-refractivity contribution in [2.45, 2.75) is 33.1 Å². The second kappa shape index (κ2) is 11.9. The molecule has 4 rings (SSSR count). The highest BCUT2D eigenvalue weighted by atomic mass is 35.5. The minimum atomic E-state index is -3.84. The molecule has 2 aromatic rings. The molecular weight excluding hydrogens is 628 g/mol. The third-order valence-electron chi connectivity index (χ3n) is 13.2. The van der Waals surface area contributed by atoms with E-state index in [2.05, 4.69) is 0 Å². The maximum absolute atomic E-state index is 16.3. The minimum absolute atomic E-state index is 0.276. The van der Waals surface area contributed by atoms with Crippen LogP contribution in [0.1, 0.15) is 33.0 Å². The summed E-state index contributed by atoms with van der Waals surface area (Å²) in [5.41, 5.74) is 3.63. The standard InChI is InChI=1S/C22H35B17ClF2N3O4/c23-5-2(13(30)43(38)15(47)18(41,42)4-8(26)10(28)12(40)11(29)9(4)27)7(25)6(24)1-3(5)21(34,35)45(14(1)46)20(33)17(49)44(39)16(48)19(31,32)22(20,36)37/h13H,23-39H2. The molecule has 0 spiro atoms. The first-order valence-electron chi connectivity index (χ1n) is 16.7. The third-order valence-corrected chi connectivity index (χ3v) is 13.7. The van der Waals surface area contributed by atoms with Crippen molar-refractivity contribution in [1.29, 1.82) is 0 Å². The lowest BCUT2D eigenvalue weighted by atomic mass is 9.20. The average Bonchev–Trinajstić information content (AvgIpc) is 3.23. The van der Waals surface area contributed by atoms with Gasteiger partial charge in [0.15, 0.2) is 0 Å². The Morgan fingerprint density at radius 3 is 1.71 bits per heavy atom. The second-order valence-electron chi connectivity index (χ2n) is 16.1. The van der Waals surface area contributed by atoms with E-state index in [4.69, 9.17) is 11.6 Å². The van der Waals surface area contributed by atoms with Gasteiger partial charge in [-0.2, -0.15) is 8.78 Å². The Balaban J connectivity index is 1.90. The number of hydrogen-bond acceptors (Lipinski definition) is 4. The lowest BCUT2D eigenvalue weighted by Gasteiger charge is -2.64. The van der Waals surface area contributed by atoms with Crippen molar-refractivity contribution in [2.24, 2.45) is 0 Å². The maximum Gasteiger partial charge on any atom is 0.347 e. The molecule has 0 aliphatic carbocycles. The molecule has 4 amide bonds. The molecule has 7 nitrogen and oxygen atoms in total. The summed E-state index contributed by atoms with van der Waals surface area (Å²) >= 11 is 6.43. The first kappa shape index (κ1) is 39.6. The van der Waals surface area contributed by atoms with Gasteiger partial charge in [-0.15, -0.1) is 0 Å². The Morgan fingerprint density at radius 1 is 0.776 bits per heavy atom. The number of hydrogen-bond donors (Lipinski definition) is 0. The molecule has 49 heavy (non-hydrogen) atoms. The lowest BCUT2D eigenvalue weighted by Crippen LogP contribution is -2.78. The maximum atomic E-state index is 16.3. The van der Waals surface area contributed by atoms with E-state index in [0.717, 1.165) is 9.62 Å². The van der Waals surface area contributed by atoms with Crippen molar-refractivity contribution >= 4 is 207 Å². The molecular formula is C22H35B17ClF2N3O4. The van der Waals surface area contributed by atoms with E-state index in [9.17, 15) is 19.2 Å². The number of fused-ring (bicyclic) bond motifs is 1. The Bertz CT molecular complexity index is 1870. The van der Waals surface area contributed by atoms with E-state index in [0.29, 0.717) is 49.0 Å². The Morgan fingerprint density at radius 2 is 1.24 bits per heavy atom. The molecule has 2 unspecified atom stereocenters. The molecule has 2 heterocycles. The van der Waals surface area contributed by atoms with E-state index in [-0.39, 0.29) is 28.3 Å². The molecule has 2 aromatic carbocycles. The zero-order valence-electron chi connectivity index (χ0n) is 32.2. The van der Waals surface area contributed by atoms with Crippen molar-refractivity contribution < 1.29 is 28.0 Å². The largest absolute Gasteiger partial charge is 0.389 e. The Hall–Kier alpha value is -2.23. The van der Waals surface area contributed by atoms with Gasteiger partial charge in [0.25, 0.3) is 11.8 Å². The number of alkyl halides is 2. The number of piperidine rings is 1. The molecule has 2 atom stereocenters. The molecule has 0 radical (unpaired) electrons. The van der Waals surface area contributed by atoms with Crippen LogP contribution in [0.15, 0.2) is 0 Å². The molecule has 0 bridgehead atoms. The monoisotopic (exact) mass is 665 g/mol. The fourth-order valence-electron chi connectivity index (χ4n) is 8.87. The number of amides is 4. The summed E-state index contributed by atoms with van der Waals surface area (Å²) in [4.78, 5) is 60.0. The van der Waals surface area contributed by atoms with Crippen LogP contribution in [0.3, 0.4) is 0 Å². The number of carbonyl (C=O) groups is 4. The van der Waals surface area contributed by atoms with Gasteiger partial charge in [0.05, 0.1) is 5.44 Å². The summed E-state index contributed by atoms with van der Waals surface area (Å²) in [5, 5.41) is -2.64. The van der Waals surface area contributed by atoms with Gasteiger partial charge in [-0.3, -0.25) is 19.2 Å². The smallest absolute Gasteiger partial charge is 0.347 e. The summed E-state index contributed by atoms with van der Waals surface area (Å²) in [5.74, 6) is -7.11. The van der Waals surface area contributed by atoms with Gasteiger partial charge in [0.1, 0.15) is 118 Å². The van der Waals surface area contributed by atoms with Gasteiger partial charge < -0.3 is 14.5 Å². The van der Waals surface area contributed by atoms with Gasteiger partial charge in [-0.05, 0) is 16.3 Å². The van der Waals surface area contributed by atoms with Crippen LogP contribution in [0.4, 0.5) is 8.78 Å². The molecule has 0 aromatic heterocycles. The van der Waals surface area contributed by atoms with E-state index < -0.39 is 44.9 Å². The van der Waals surface area contributed by atoms with Gasteiger partial charge in [-0.25, -0.2) is 0 Å². The fraction of sp³-hybridized carbons (Fsp3) is 0.273. The van der Waals surface area contributed by atoms with Crippen LogP contribution in [0, 0.1) is 0 Å². The van der Waals surface area contributed by atoms with Crippen molar-refractivity contribution in [1.82, 2.24) is 14.5 Å². The third kappa shape index (κ3) is 4.90. The van der Waals surface area contributed by atoms with Gasteiger partial charge in [-0.1, -0.05) is 55.1 Å². The molecule has 234 valence electrons. The number of carbonyl (C=O) groups excluding carboxylic acids is 4. The molecule has 2 aliphatic rings. The number of rotatable bonds is 5. The fourth-order valence-corrected chi connectivity index (χ4v) is 9.15. The van der Waals surface area contributed by atoms with Gasteiger partial charge >= 0.3 is 5.92 Å². The molecule has 0 saturated carbocycles. The Kier molecular flexibility index (Phi) is 9.62. The zero-order valence-corrected chi connectivity index (χ0v) is 32.9. The minimum Gasteiger partial charge on any atom is -0.389 e. The summed E-state index contributed by atoms with van der Waals surface area (Å²) in [7, 11) is 29.3. The first-order chi connectivity index (χ1) is 22.0. The van der Waals surface area contributed by atoms with Crippen LogP contribution in [-0.2, 0) is 25.6 Å². The summed E-state index contributed by atoms with van der Waals surface area (Å²) in [6, 6.07) is 0. The zero-order chi connectivity index (χ0) is 38.0. The molecule has 0 N–H and O–H groups in total. The van der Waals surface area contributed by atoms with Crippen molar-refractivity contribution in [3.63, 3.8) is 0 Å². The number of benzene rings is 2. The molecule has 1 saturated heterocycles. The number of nitrogens with zero attached hydrogens (tertiary/aromatic N) is 3. The quantitative estimate of drug-likeness (QED) is 0.236. The molecule has 27 heteroatoms. The van der Waals surface area contributed by atoms with Crippen molar-refractivity contribution in [3.8, 4) is 0 Å². The SMILES string of the molecule is Bc1c(B)c(C(F)(F)C(=O)N(B)C(B)c2c(B)c(B)c3c(c2B)C(B)(B)N(C2(B)C(=O)N(B)C(=O)C(B)(B)C2(B)B)C3=O)c(B)c(B)c1Cl. The van der Waals surface area contributed by atoms with Crippen LogP contribution in [0.25, 0.3) is 0 Å². The summed E-state index contributed by atoms with van der Waals surface area (Å²) in [6.07, 6.45) is 0. The van der Waals surface area contributed by atoms with Crippen LogP contribution in [0.5, 0.6) is 0 Å².